The highest BCUT2D eigenvalue weighted by Crippen LogP contribution is 2.27. The highest BCUT2D eigenvalue weighted by atomic mass is 16.6. The Morgan fingerprint density at radius 3 is 2.28 bits per heavy atom. The lowest BCUT2D eigenvalue weighted by Crippen LogP contribution is -2.57. The second kappa shape index (κ2) is 7.68. The summed E-state index contributed by atoms with van der Waals surface area (Å²) in [6.07, 6.45) is -0.804. The number of nitrogens with zero attached hydrogens (tertiary/aromatic N) is 1. The van der Waals surface area contributed by atoms with Crippen LogP contribution >= 0.6 is 0 Å². The van der Waals surface area contributed by atoms with Gasteiger partial charge in [0.1, 0.15) is 12.7 Å². The quantitative estimate of drug-likeness (QED) is 0.896. The van der Waals surface area contributed by atoms with Crippen LogP contribution in [0.15, 0.2) is 60.7 Å². The van der Waals surface area contributed by atoms with Gasteiger partial charge in [0, 0.05) is 13.0 Å². The summed E-state index contributed by atoms with van der Waals surface area (Å²) < 4.78 is 5.30. The summed E-state index contributed by atoms with van der Waals surface area (Å²) in [6, 6.07) is 19.0. The Bertz CT molecular complexity index is 691. The molecule has 1 fully saturated rings. The van der Waals surface area contributed by atoms with Crippen molar-refractivity contribution >= 4 is 6.09 Å². The maximum atomic E-state index is 12.2. The molecule has 3 rings (SSSR count). The van der Waals surface area contributed by atoms with Crippen molar-refractivity contribution in [3.05, 3.63) is 71.8 Å². The average molecular weight is 341 g/mol. The van der Waals surface area contributed by atoms with E-state index in [4.69, 9.17) is 4.74 Å². The van der Waals surface area contributed by atoms with E-state index in [1.807, 2.05) is 60.7 Å². The number of carbonyl (C=O) groups is 1. The third-order valence-corrected chi connectivity index (χ3v) is 4.64. The lowest BCUT2D eigenvalue weighted by atomic mass is 9.83. The molecule has 0 radical (unpaired) electrons. The molecule has 2 aromatic carbocycles. The zero-order valence-corrected chi connectivity index (χ0v) is 14.0. The third kappa shape index (κ3) is 4.38. The van der Waals surface area contributed by atoms with Crippen LogP contribution in [0.5, 0.6) is 0 Å². The molecule has 0 bridgehead atoms. The fourth-order valence-corrected chi connectivity index (χ4v) is 3.10. The molecule has 5 heteroatoms. The molecule has 2 N–H and O–H groups in total. The molecule has 0 saturated carbocycles. The molecule has 0 spiro atoms. The van der Waals surface area contributed by atoms with Gasteiger partial charge in [-0.15, -0.1) is 0 Å². The smallest absolute Gasteiger partial charge is 0.410 e. The van der Waals surface area contributed by atoms with Crippen LogP contribution in [0.3, 0.4) is 0 Å². The molecule has 2 atom stereocenters. The van der Waals surface area contributed by atoms with Gasteiger partial charge in [-0.25, -0.2) is 4.79 Å². The van der Waals surface area contributed by atoms with Gasteiger partial charge in [-0.3, -0.25) is 0 Å². The molecule has 1 aliphatic heterocycles. The number of hydrogen-bond acceptors (Lipinski definition) is 4. The van der Waals surface area contributed by atoms with Crippen LogP contribution < -0.4 is 0 Å². The lowest BCUT2D eigenvalue weighted by molar-refractivity contribution is -0.114. The second-order valence-corrected chi connectivity index (χ2v) is 6.52. The number of β-amino-alcohol motifs (C(OH)–C–C–N with tert-alkyl or cyclic N) is 1. The first kappa shape index (κ1) is 17.5. The summed E-state index contributed by atoms with van der Waals surface area (Å²) in [4.78, 5) is 13.6. The molecule has 132 valence electrons. The van der Waals surface area contributed by atoms with Gasteiger partial charge in [-0.05, 0) is 17.5 Å². The van der Waals surface area contributed by atoms with Crippen LogP contribution in [0.1, 0.15) is 17.5 Å². The summed E-state index contributed by atoms with van der Waals surface area (Å²) in [5.74, 6) is 0. The Morgan fingerprint density at radius 1 is 1.08 bits per heavy atom. The van der Waals surface area contributed by atoms with Gasteiger partial charge in [0.25, 0.3) is 0 Å². The van der Waals surface area contributed by atoms with Crippen molar-refractivity contribution in [2.24, 2.45) is 0 Å². The molecule has 2 aromatic rings. The maximum absolute atomic E-state index is 12.2. The fourth-order valence-electron chi connectivity index (χ4n) is 3.10. The van der Waals surface area contributed by atoms with Crippen molar-refractivity contribution in [3.8, 4) is 0 Å². The van der Waals surface area contributed by atoms with E-state index < -0.39 is 17.8 Å². The summed E-state index contributed by atoms with van der Waals surface area (Å²) in [6.45, 7) is 0.617. The number of carbonyl (C=O) groups excluding carboxylic acids is 1. The lowest BCUT2D eigenvalue weighted by Gasteiger charge is -2.41. The van der Waals surface area contributed by atoms with E-state index >= 15 is 0 Å². The molecule has 25 heavy (non-hydrogen) atoms. The van der Waals surface area contributed by atoms with Crippen molar-refractivity contribution < 1.29 is 19.7 Å². The minimum absolute atomic E-state index is 0.0664. The van der Waals surface area contributed by atoms with E-state index in [1.54, 1.807) is 0 Å². The molecule has 1 amide bonds. The van der Waals surface area contributed by atoms with Crippen LogP contribution in [0.25, 0.3) is 0 Å². The van der Waals surface area contributed by atoms with E-state index in [1.165, 1.54) is 4.90 Å². The highest BCUT2D eigenvalue weighted by molar-refractivity contribution is 5.68. The van der Waals surface area contributed by atoms with Gasteiger partial charge in [-0.1, -0.05) is 60.7 Å². The van der Waals surface area contributed by atoms with Crippen LogP contribution in [0.4, 0.5) is 4.79 Å². The number of amides is 1. The van der Waals surface area contributed by atoms with Gasteiger partial charge in [0.05, 0.1) is 12.1 Å². The molecule has 1 heterocycles. The number of benzene rings is 2. The summed E-state index contributed by atoms with van der Waals surface area (Å²) in [5.41, 5.74) is 0.649. The topological polar surface area (TPSA) is 70.0 Å². The minimum atomic E-state index is -1.22. The Hall–Kier alpha value is -2.37. The van der Waals surface area contributed by atoms with Gasteiger partial charge >= 0.3 is 6.09 Å². The number of piperidine rings is 1. The van der Waals surface area contributed by atoms with Gasteiger partial charge in [-0.2, -0.15) is 0 Å². The van der Waals surface area contributed by atoms with Gasteiger partial charge < -0.3 is 19.8 Å². The van der Waals surface area contributed by atoms with Crippen LogP contribution in [0.2, 0.25) is 0 Å². The number of aliphatic hydroxyl groups excluding tert-OH is 1. The number of ether oxygens (including phenoxy) is 1. The van der Waals surface area contributed by atoms with Crippen molar-refractivity contribution in [1.29, 1.82) is 0 Å². The van der Waals surface area contributed by atoms with E-state index in [-0.39, 0.29) is 13.2 Å². The third-order valence-electron chi connectivity index (χ3n) is 4.64. The van der Waals surface area contributed by atoms with Gasteiger partial charge in [0.2, 0.25) is 0 Å². The van der Waals surface area contributed by atoms with E-state index in [0.29, 0.717) is 19.4 Å². The zero-order chi connectivity index (χ0) is 17.7. The van der Waals surface area contributed by atoms with Gasteiger partial charge in [0.15, 0.2) is 0 Å². The van der Waals surface area contributed by atoms with E-state index in [0.717, 1.165) is 11.1 Å². The summed E-state index contributed by atoms with van der Waals surface area (Å²) in [7, 11) is 0. The van der Waals surface area contributed by atoms with Crippen LogP contribution in [-0.2, 0) is 17.8 Å². The number of rotatable bonds is 4. The molecule has 5 nitrogen and oxygen atoms in total. The Morgan fingerprint density at radius 2 is 1.68 bits per heavy atom. The fraction of sp³-hybridized carbons (Fsp3) is 0.350. The standard InChI is InChI=1S/C20H23NO4/c22-18-14-21(19(23)25-15-17-9-5-2-6-10-17)12-11-20(18,24)13-16-7-3-1-4-8-16/h1-10,18,22,24H,11-15H2/t18-,20+/m0/s1. The van der Waals surface area contributed by atoms with Crippen molar-refractivity contribution in [3.63, 3.8) is 0 Å². The molecule has 0 aromatic heterocycles. The largest absolute Gasteiger partial charge is 0.445 e. The first-order chi connectivity index (χ1) is 12.1. The van der Waals surface area contributed by atoms with Crippen molar-refractivity contribution in [2.75, 3.05) is 13.1 Å². The Balaban J connectivity index is 1.54. The van der Waals surface area contributed by atoms with Crippen LogP contribution in [0, 0.1) is 0 Å². The molecular formula is C20H23NO4. The molecular weight excluding hydrogens is 318 g/mol. The van der Waals surface area contributed by atoms with Crippen LogP contribution in [-0.4, -0.2) is 46.0 Å². The second-order valence-electron chi connectivity index (χ2n) is 6.52. The molecule has 0 aliphatic carbocycles. The first-order valence-electron chi connectivity index (χ1n) is 8.47. The molecule has 1 saturated heterocycles. The van der Waals surface area contributed by atoms with E-state index in [2.05, 4.69) is 0 Å². The average Bonchev–Trinajstić information content (AvgIpc) is 2.64. The number of aliphatic hydroxyl groups is 2. The highest BCUT2D eigenvalue weighted by Gasteiger charge is 2.42. The summed E-state index contributed by atoms with van der Waals surface area (Å²) >= 11 is 0. The Kier molecular flexibility index (Phi) is 5.36. The number of likely N-dealkylation sites (tertiary alicyclic amines) is 1. The first-order valence-corrected chi connectivity index (χ1v) is 8.47. The molecule has 0 unspecified atom stereocenters. The predicted octanol–water partition coefficient (Wildman–Crippen LogP) is 2.36. The number of hydrogen-bond donors (Lipinski definition) is 2. The van der Waals surface area contributed by atoms with E-state index in [9.17, 15) is 15.0 Å². The maximum Gasteiger partial charge on any atom is 0.410 e. The predicted molar refractivity (Wildman–Crippen MR) is 93.9 cm³/mol. The van der Waals surface area contributed by atoms with Crippen molar-refractivity contribution in [2.45, 2.75) is 31.2 Å². The normalized spacial score (nSPS) is 23.3. The zero-order valence-electron chi connectivity index (χ0n) is 14.0. The monoisotopic (exact) mass is 341 g/mol. The van der Waals surface area contributed by atoms with Crippen molar-refractivity contribution in [1.82, 2.24) is 4.90 Å². The summed E-state index contributed by atoms with van der Waals surface area (Å²) in [5, 5.41) is 21.2. The Labute approximate surface area is 147 Å². The molecule has 1 aliphatic rings. The minimum Gasteiger partial charge on any atom is -0.445 e. The SMILES string of the molecule is O=C(OCc1ccccc1)N1CC[C@@](O)(Cc2ccccc2)[C@@H](O)C1.